The molecule has 0 bridgehead atoms. The average molecular weight is 267 g/mol. The molecule has 0 radical (unpaired) electrons. The van der Waals surface area contributed by atoms with Crippen LogP contribution in [0, 0.1) is 5.82 Å². The first-order valence-electron chi connectivity index (χ1n) is 6.08. The number of esters is 1. The molecule has 104 valence electrons. The molecular formula is C14H18FNO3. The summed E-state index contributed by atoms with van der Waals surface area (Å²) in [5, 5.41) is 0. The number of carbonyl (C=O) groups is 2. The van der Waals surface area contributed by atoms with E-state index in [-0.39, 0.29) is 24.6 Å². The lowest BCUT2D eigenvalue weighted by Gasteiger charge is -2.17. The minimum Gasteiger partial charge on any atom is -0.469 e. The van der Waals surface area contributed by atoms with E-state index in [1.54, 1.807) is 25.2 Å². The van der Waals surface area contributed by atoms with Crippen LogP contribution in [0.15, 0.2) is 24.3 Å². The van der Waals surface area contributed by atoms with E-state index in [0.29, 0.717) is 18.5 Å². The molecule has 0 aromatic heterocycles. The summed E-state index contributed by atoms with van der Waals surface area (Å²) in [4.78, 5) is 24.1. The summed E-state index contributed by atoms with van der Waals surface area (Å²) in [6.07, 6.45) is 0.632. The molecular weight excluding hydrogens is 249 g/mol. The number of carbonyl (C=O) groups excluding carboxylic acids is 2. The van der Waals surface area contributed by atoms with Gasteiger partial charge in [0.15, 0.2) is 0 Å². The molecule has 0 saturated heterocycles. The van der Waals surface area contributed by atoms with Crippen molar-refractivity contribution in [2.24, 2.45) is 0 Å². The first-order valence-corrected chi connectivity index (χ1v) is 6.08. The van der Waals surface area contributed by atoms with E-state index in [4.69, 9.17) is 0 Å². The molecule has 0 aliphatic rings. The van der Waals surface area contributed by atoms with Crippen molar-refractivity contribution in [3.8, 4) is 0 Å². The van der Waals surface area contributed by atoms with Crippen molar-refractivity contribution in [1.82, 2.24) is 4.90 Å². The van der Waals surface area contributed by atoms with E-state index in [1.165, 1.54) is 18.1 Å². The van der Waals surface area contributed by atoms with Crippen LogP contribution in [-0.4, -0.2) is 37.5 Å². The third kappa shape index (κ3) is 5.07. The van der Waals surface area contributed by atoms with Crippen LogP contribution in [0.3, 0.4) is 0 Å². The molecule has 5 heteroatoms. The van der Waals surface area contributed by atoms with Gasteiger partial charge < -0.3 is 9.64 Å². The maximum Gasteiger partial charge on any atom is 0.306 e. The van der Waals surface area contributed by atoms with Gasteiger partial charge in [-0.15, -0.1) is 0 Å². The van der Waals surface area contributed by atoms with Gasteiger partial charge in [0.1, 0.15) is 5.82 Å². The van der Waals surface area contributed by atoms with Crippen LogP contribution in [0.25, 0.3) is 0 Å². The largest absolute Gasteiger partial charge is 0.469 e. The van der Waals surface area contributed by atoms with Crippen LogP contribution in [0.5, 0.6) is 0 Å². The van der Waals surface area contributed by atoms with Gasteiger partial charge in [0.2, 0.25) is 5.91 Å². The van der Waals surface area contributed by atoms with E-state index in [9.17, 15) is 14.0 Å². The molecule has 4 nitrogen and oxygen atoms in total. The Kier molecular flexibility index (Phi) is 5.99. The highest BCUT2D eigenvalue weighted by Crippen LogP contribution is 2.08. The zero-order chi connectivity index (χ0) is 14.3. The number of methoxy groups -OCH3 is 1. The summed E-state index contributed by atoms with van der Waals surface area (Å²) in [6.45, 7) is 0.418. The van der Waals surface area contributed by atoms with Gasteiger partial charge in [0, 0.05) is 20.0 Å². The van der Waals surface area contributed by atoms with E-state index in [2.05, 4.69) is 4.74 Å². The Balaban J connectivity index is 2.38. The smallest absolute Gasteiger partial charge is 0.306 e. The first kappa shape index (κ1) is 15.1. The quantitative estimate of drug-likeness (QED) is 0.738. The molecule has 19 heavy (non-hydrogen) atoms. The SMILES string of the molecule is COC(=O)CCC(=O)N(C)CCc1ccccc1F. The number of halogens is 1. The van der Waals surface area contributed by atoms with E-state index < -0.39 is 5.97 Å². The predicted octanol–water partition coefficient (Wildman–Crippen LogP) is 1.78. The van der Waals surface area contributed by atoms with Gasteiger partial charge in [-0.1, -0.05) is 18.2 Å². The minimum atomic E-state index is -0.407. The molecule has 0 saturated carbocycles. The van der Waals surface area contributed by atoms with Gasteiger partial charge in [0.25, 0.3) is 0 Å². The molecule has 0 spiro atoms. The van der Waals surface area contributed by atoms with Crippen molar-refractivity contribution in [1.29, 1.82) is 0 Å². The maximum absolute atomic E-state index is 13.4. The molecule has 0 atom stereocenters. The Morgan fingerprint density at radius 1 is 1.26 bits per heavy atom. The number of rotatable bonds is 6. The molecule has 0 fully saturated rings. The zero-order valence-electron chi connectivity index (χ0n) is 11.2. The van der Waals surface area contributed by atoms with Crippen molar-refractivity contribution in [3.05, 3.63) is 35.6 Å². The second-order valence-corrected chi connectivity index (χ2v) is 4.23. The predicted molar refractivity (Wildman–Crippen MR) is 69.0 cm³/mol. The molecule has 1 rings (SSSR count). The summed E-state index contributed by atoms with van der Waals surface area (Å²) >= 11 is 0. The Labute approximate surface area is 112 Å². The lowest BCUT2D eigenvalue weighted by atomic mass is 10.1. The summed E-state index contributed by atoms with van der Waals surface area (Å²) in [6, 6.07) is 6.48. The summed E-state index contributed by atoms with van der Waals surface area (Å²) in [7, 11) is 2.93. The fourth-order valence-electron chi connectivity index (χ4n) is 1.62. The lowest BCUT2D eigenvalue weighted by molar-refractivity contribution is -0.143. The number of benzene rings is 1. The highest BCUT2D eigenvalue weighted by molar-refractivity contribution is 5.81. The number of nitrogens with zero attached hydrogens (tertiary/aromatic N) is 1. The summed E-state index contributed by atoms with van der Waals surface area (Å²) in [5.74, 6) is -0.824. The lowest BCUT2D eigenvalue weighted by Crippen LogP contribution is -2.29. The van der Waals surface area contributed by atoms with Gasteiger partial charge in [-0.05, 0) is 18.1 Å². The van der Waals surface area contributed by atoms with Gasteiger partial charge >= 0.3 is 5.97 Å². The van der Waals surface area contributed by atoms with Crippen molar-refractivity contribution in [2.45, 2.75) is 19.3 Å². The highest BCUT2D eigenvalue weighted by atomic mass is 19.1. The fraction of sp³-hybridized carbons (Fsp3) is 0.429. The third-order valence-corrected chi connectivity index (χ3v) is 2.87. The molecule has 0 aliphatic carbocycles. The average Bonchev–Trinajstić information content (AvgIpc) is 2.43. The highest BCUT2D eigenvalue weighted by Gasteiger charge is 2.12. The number of likely N-dealkylation sites (N-methyl/N-ethyl adjacent to an activating group) is 1. The Hall–Kier alpha value is -1.91. The van der Waals surface area contributed by atoms with Gasteiger partial charge in [-0.25, -0.2) is 4.39 Å². The topological polar surface area (TPSA) is 46.6 Å². The third-order valence-electron chi connectivity index (χ3n) is 2.87. The van der Waals surface area contributed by atoms with E-state index in [0.717, 1.165) is 0 Å². The molecule has 1 amide bonds. The van der Waals surface area contributed by atoms with Gasteiger partial charge in [0.05, 0.1) is 13.5 Å². The number of amides is 1. The number of ether oxygens (including phenoxy) is 1. The second-order valence-electron chi connectivity index (χ2n) is 4.23. The second kappa shape index (κ2) is 7.51. The van der Waals surface area contributed by atoms with Crippen LogP contribution in [0.1, 0.15) is 18.4 Å². The monoisotopic (exact) mass is 267 g/mol. The molecule has 0 aliphatic heterocycles. The van der Waals surface area contributed by atoms with Crippen molar-refractivity contribution in [3.63, 3.8) is 0 Å². The molecule has 1 aromatic carbocycles. The van der Waals surface area contributed by atoms with Crippen LogP contribution >= 0.6 is 0 Å². The van der Waals surface area contributed by atoms with Crippen molar-refractivity contribution < 1.29 is 18.7 Å². The molecule has 0 unspecified atom stereocenters. The fourth-order valence-corrected chi connectivity index (χ4v) is 1.62. The summed E-state index contributed by atoms with van der Waals surface area (Å²) < 4.78 is 17.8. The van der Waals surface area contributed by atoms with Gasteiger partial charge in [-0.2, -0.15) is 0 Å². The van der Waals surface area contributed by atoms with Crippen molar-refractivity contribution >= 4 is 11.9 Å². The molecule has 1 aromatic rings. The van der Waals surface area contributed by atoms with Crippen LogP contribution in [0.2, 0.25) is 0 Å². The Morgan fingerprint density at radius 3 is 2.58 bits per heavy atom. The van der Waals surface area contributed by atoms with E-state index in [1.807, 2.05) is 0 Å². The van der Waals surface area contributed by atoms with E-state index >= 15 is 0 Å². The van der Waals surface area contributed by atoms with Crippen LogP contribution in [-0.2, 0) is 20.7 Å². The maximum atomic E-state index is 13.4. The van der Waals surface area contributed by atoms with Crippen LogP contribution in [0.4, 0.5) is 4.39 Å². The van der Waals surface area contributed by atoms with Crippen LogP contribution < -0.4 is 0 Å². The standard InChI is InChI=1S/C14H18FNO3/c1-16(13(17)7-8-14(18)19-2)10-9-11-5-3-4-6-12(11)15/h3-6H,7-10H2,1-2H3. The molecule has 0 N–H and O–H groups in total. The number of hydrogen-bond acceptors (Lipinski definition) is 3. The normalized spacial score (nSPS) is 10.1. The Morgan fingerprint density at radius 2 is 1.95 bits per heavy atom. The number of hydrogen-bond donors (Lipinski definition) is 0. The van der Waals surface area contributed by atoms with Crippen molar-refractivity contribution in [2.75, 3.05) is 20.7 Å². The minimum absolute atomic E-state index is 0.0688. The molecule has 0 heterocycles. The first-order chi connectivity index (χ1) is 9.04. The Bertz CT molecular complexity index is 448. The zero-order valence-corrected chi connectivity index (χ0v) is 11.2. The van der Waals surface area contributed by atoms with Gasteiger partial charge in [-0.3, -0.25) is 9.59 Å². The summed E-state index contributed by atoms with van der Waals surface area (Å²) in [5.41, 5.74) is 0.579.